The second-order valence-corrected chi connectivity index (χ2v) is 5.23. The highest BCUT2D eigenvalue weighted by molar-refractivity contribution is 5.09. The van der Waals surface area contributed by atoms with Crippen molar-refractivity contribution in [2.24, 2.45) is 11.8 Å². The fourth-order valence-electron chi connectivity index (χ4n) is 2.69. The number of hydrogen-bond donors (Lipinski definition) is 0. The number of nitrogens with zero attached hydrogens (tertiary/aromatic N) is 3. The minimum absolute atomic E-state index is 0.551. The second-order valence-electron chi connectivity index (χ2n) is 5.23. The molecule has 0 saturated heterocycles. The summed E-state index contributed by atoms with van der Waals surface area (Å²) in [6.07, 6.45) is 5.90. The Morgan fingerprint density at radius 1 is 1.28 bits per heavy atom. The summed E-state index contributed by atoms with van der Waals surface area (Å²) in [5, 5.41) is 17.4. The normalized spacial score (nSPS) is 23.3. The molecule has 1 rings (SSSR count). The van der Waals surface area contributed by atoms with E-state index in [4.69, 9.17) is 10.5 Å². The maximum absolute atomic E-state index is 8.70. The third-order valence-corrected chi connectivity index (χ3v) is 3.89. The first-order valence-corrected chi connectivity index (χ1v) is 6.82. The van der Waals surface area contributed by atoms with Crippen molar-refractivity contribution in [3.63, 3.8) is 0 Å². The first kappa shape index (κ1) is 14.7. The van der Waals surface area contributed by atoms with Crippen molar-refractivity contribution < 1.29 is 0 Å². The fourth-order valence-corrected chi connectivity index (χ4v) is 2.69. The molecule has 0 heterocycles. The van der Waals surface area contributed by atoms with E-state index in [2.05, 4.69) is 37.0 Å². The zero-order valence-corrected chi connectivity index (χ0v) is 11.5. The van der Waals surface area contributed by atoms with E-state index in [9.17, 15) is 0 Å². The first-order valence-electron chi connectivity index (χ1n) is 6.82. The molecule has 0 aromatic carbocycles. The van der Waals surface area contributed by atoms with E-state index in [1.54, 1.807) is 0 Å². The van der Waals surface area contributed by atoms with Crippen LogP contribution >= 0.6 is 0 Å². The standard InChI is InChI=1S/C15H23N3/c1-13-6-3-7-14(2)15(13)12-18(10-4-8-16)11-5-9-17/h6,14-15H,3-5,7,10-12H2,1-2H3/t14-,15+/m0/s1. The van der Waals surface area contributed by atoms with E-state index >= 15 is 0 Å². The summed E-state index contributed by atoms with van der Waals surface area (Å²) in [5.41, 5.74) is 1.48. The van der Waals surface area contributed by atoms with Gasteiger partial charge in [0.1, 0.15) is 0 Å². The molecule has 1 aliphatic rings. The molecule has 0 bridgehead atoms. The lowest BCUT2D eigenvalue weighted by Gasteiger charge is -2.33. The molecule has 0 saturated carbocycles. The summed E-state index contributed by atoms with van der Waals surface area (Å²) in [6, 6.07) is 4.39. The summed E-state index contributed by atoms with van der Waals surface area (Å²) in [4.78, 5) is 2.27. The zero-order valence-electron chi connectivity index (χ0n) is 11.5. The molecule has 0 aromatic rings. The lowest BCUT2D eigenvalue weighted by Crippen LogP contribution is -2.35. The summed E-state index contributed by atoms with van der Waals surface area (Å²) in [5.74, 6) is 1.30. The molecule has 0 amide bonds. The molecular weight excluding hydrogens is 222 g/mol. The average molecular weight is 245 g/mol. The third-order valence-electron chi connectivity index (χ3n) is 3.89. The van der Waals surface area contributed by atoms with Crippen molar-refractivity contribution in [1.82, 2.24) is 4.90 Å². The monoisotopic (exact) mass is 245 g/mol. The lowest BCUT2D eigenvalue weighted by atomic mass is 9.80. The molecule has 0 N–H and O–H groups in total. The van der Waals surface area contributed by atoms with Gasteiger partial charge in [0.05, 0.1) is 12.1 Å². The highest BCUT2D eigenvalue weighted by Gasteiger charge is 2.24. The van der Waals surface area contributed by atoms with Gasteiger partial charge < -0.3 is 4.90 Å². The van der Waals surface area contributed by atoms with Gasteiger partial charge in [0, 0.05) is 32.5 Å². The molecule has 3 heteroatoms. The first-order chi connectivity index (χ1) is 8.69. The van der Waals surface area contributed by atoms with Crippen LogP contribution in [0.25, 0.3) is 0 Å². The van der Waals surface area contributed by atoms with Crippen LogP contribution in [-0.2, 0) is 0 Å². The zero-order chi connectivity index (χ0) is 13.4. The Labute approximate surface area is 111 Å². The minimum Gasteiger partial charge on any atom is -0.301 e. The fraction of sp³-hybridized carbons (Fsp3) is 0.733. The smallest absolute Gasteiger partial charge is 0.0635 e. The van der Waals surface area contributed by atoms with E-state index in [1.165, 1.54) is 18.4 Å². The molecule has 0 radical (unpaired) electrons. The Bertz CT molecular complexity index is 341. The van der Waals surface area contributed by atoms with Crippen molar-refractivity contribution in [2.45, 2.75) is 39.5 Å². The van der Waals surface area contributed by atoms with Gasteiger partial charge in [0.2, 0.25) is 0 Å². The second kappa shape index (κ2) is 7.90. The highest BCUT2D eigenvalue weighted by atomic mass is 15.1. The maximum atomic E-state index is 8.70. The van der Waals surface area contributed by atoms with Crippen LogP contribution in [0.4, 0.5) is 0 Å². The molecule has 0 aliphatic heterocycles. The van der Waals surface area contributed by atoms with Crippen molar-refractivity contribution in [3.05, 3.63) is 11.6 Å². The Morgan fingerprint density at radius 2 is 1.89 bits per heavy atom. The van der Waals surface area contributed by atoms with Crippen LogP contribution in [0.3, 0.4) is 0 Å². The molecule has 2 atom stereocenters. The topological polar surface area (TPSA) is 50.8 Å². The van der Waals surface area contributed by atoms with E-state index in [-0.39, 0.29) is 0 Å². The summed E-state index contributed by atoms with van der Waals surface area (Å²) < 4.78 is 0. The van der Waals surface area contributed by atoms with Gasteiger partial charge in [-0.3, -0.25) is 0 Å². The minimum atomic E-state index is 0.551. The average Bonchev–Trinajstić information content (AvgIpc) is 2.36. The summed E-state index contributed by atoms with van der Waals surface area (Å²) >= 11 is 0. The largest absolute Gasteiger partial charge is 0.301 e. The molecular formula is C15H23N3. The predicted molar refractivity (Wildman–Crippen MR) is 72.5 cm³/mol. The molecule has 98 valence electrons. The Balaban J connectivity index is 2.58. The number of hydrogen-bond acceptors (Lipinski definition) is 3. The van der Waals surface area contributed by atoms with E-state index in [1.807, 2.05) is 0 Å². The van der Waals surface area contributed by atoms with Crippen molar-refractivity contribution in [3.8, 4) is 12.1 Å². The van der Waals surface area contributed by atoms with E-state index < -0.39 is 0 Å². The number of allylic oxidation sites excluding steroid dienone is 1. The van der Waals surface area contributed by atoms with Crippen LogP contribution in [0.5, 0.6) is 0 Å². The van der Waals surface area contributed by atoms with Gasteiger partial charge in [-0.05, 0) is 31.6 Å². The lowest BCUT2D eigenvalue weighted by molar-refractivity contribution is 0.212. The molecule has 0 fully saturated rings. The Kier molecular flexibility index (Phi) is 6.47. The third kappa shape index (κ3) is 4.51. The van der Waals surface area contributed by atoms with Crippen molar-refractivity contribution >= 4 is 0 Å². The van der Waals surface area contributed by atoms with Gasteiger partial charge in [-0.2, -0.15) is 10.5 Å². The van der Waals surface area contributed by atoms with E-state index in [0.29, 0.717) is 24.7 Å². The number of nitriles is 2. The Morgan fingerprint density at radius 3 is 2.39 bits per heavy atom. The van der Waals surface area contributed by atoms with Gasteiger partial charge in [0.25, 0.3) is 0 Å². The molecule has 1 aliphatic carbocycles. The van der Waals surface area contributed by atoms with Gasteiger partial charge in [0.15, 0.2) is 0 Å². The van der Waals surface area contributed by atoms with Crippen molar-refractivity contribution in [1.29, 1.82) is 10.5 Å². The summed E-state index contributed by atoms with van der Waals surface area (Å²) in [7, 11) is 0. The van der Waals surface area contributed by atoms with Gasteiger partial charge in [-0.15, -0.1) is 0 Å². The van der Waals surface area contributed by atoms with Gasteiger partial charge in [-0.1, -0.05) is 18.6 Å². The highest BCUT2D eigenvalue weighted by Crippen LogP contribution is 2.30. The summed E-state index contributed by atoms with van der Waals surface area (Å²) in [6.45, 7) is 7.09. The molecule has 18 heavy (non-hydrogen) atoms. The predicted octanol–water partition coefficient (Wildman–Crippen LogP) is 3.11. The van der Waals surface area contributed by atoms with Crippen LogP contribution in [0.2, 0.25) is 0 Å². The quantitative estimate of drug-likeness (QED) is 0.676. The van der Waals surface area contributed by atoms with Crippen LogP contribution in [-0.4, -0.2) is 24.5 Å². The number of rotatable bonds is 6. The molecule has 0 unspecified atom stereocenters. The van der Waals surface area contributed by atoms with Gasteiger partial charge in [-0.25, -0.2) is 0 Å². The van der Waals surface area contributed by atoms with Crippen LogP contribution in [0.15, 0.2) is 11.6 Å². The maximum Gasteiger partial charge on any atom is 0.0635 e. The van der Waals surface area contributed by atoms with Crippen molar-refractivity contribution in [2.75, 3.05) is 19.6 Å². The molecule has 0 aromatic heterocycles. The van der Waals surface area contributed by atoms with Gasteiger partial charge >= 0.3 is 0 Å². The Hall–Kier alpha value is -1.32. The van der Waals surface area contributed by atoms with Crippen LogP contribution < -0.4 is 0 Å². The SMILES string of the molecule is CC1=CCC[C@H](C)[C@@H]1CN(CCC#N)CCC#N. The molecule has 3 nitrogen and oxygen atoms in total. The van der Waals surface area contributed by atoms with Crippen LogP contribution in [0.1, 0.15) is 39.5 Å². The van der Waals surface area contributed by atoms with E-state index in [0.717, 1.165) is 19.6 Å². The van der Waals surface area contributed by atoms with Crippen LogP contribution in [0, 0.1) is 34.5 Å². The molecule has 0 spiro atoms.